The zero-order valence-corrected chi connectivity index (χ0v) is 10.8. The summed E-state index contributed by atoms with van der Waals surface area (Å²) in [5.74, 6) is -0.805. The van der Waals surface area contributed by atoms with E-state index in [2.05, 4.69) is 18.9 Å². The molecule has 0 spiro atoms. The Balaban J connectivity index is 1.96. The summed E-state index contributed by atoms with van der Waals surface area (Å²) in [5.41, 5.74) is 0. The summed E-state index contributed by atoms with van der Waals surface area (Å²) in [6, 6.07) is 0. The van der Waals surface area contributed by atoms with Crippen LogP contribution in [0.3, 0.4) is 0 Å². The molecule has 2 heterocycles. The lowest BCUT2D eigenvalue weighted by Gasteiger charge is -2.21. The summed E-state index contributed by atoms with van der Waals surface area (Å²) >= 11 is 0. The molecule has 20 heavy (non-hydrogen) atoms. The van der Waals surface area contributed by atoms with Crippen LogP contribution in [0.25, 0.3) is 0 Å². The van der Waals surface area contributed by atoms with E-state index in [0.717, 1.165) is 0 Å². The molecule has 2 fully saturated rings. The number of cyclic esters (lactones) is 4. The molecule has 0 aromatic heterocycles. The van der Waals surface area contributed by atoms with E-state index in [0.29, 0.717) is 0 Å². The molecule has 0 N–H and O–H groups in total. The van der Waals surface area contributed by atoms with Crippen molar-refractivity contribution in [2.45, 2.75) is 20.8 Å². The summed E-state index contributed by atoms with van der Waals surface area (Å²) in [6.07, 6.45) is -2.90. The van der Waals surface area contributed by atoms with Crippen LogP contribution in [0.4, 0.5) is 14.4 Å². The van der Waals surface area contributed by atoms with Gasteiger partial charge in [-0.05, 0) is 0 Å². The van der Waals surface area contributed by atoms with Gasteiger partial charge in [0.05, 0.1) is 0 Å². The minimum atomic E-state index is -1.12. The van der Waals surface area contributed by atoms with Crippen molar-refractivity contribution in [3.63, 3.8) is 0 Å². The van der Waals surface area contributed by atoms with Crippen LogP contribution in [-0.4, -0.2) is 18.5 Å². The summed E-state index contributed by atoms with van der Waals surface area (Å²) < 4.78 is 27.5. The lowest BCUT2D eigenvalue weighted by molar-refractivity contribution is -0.0465. The van der Waals surface area contributed by atoms with Crippen molar-refractivity contribution in [3.05, 3.63) is 23.4 Å². The van der Waals surface area contributed by atoms with Crippen LogP contribution >= 0.6 is 0 Å². The van der Waals surface area contributed by atoms with Gasteiger partial charge in [-0.15, -0.1) is 0 Å². The maximum atomic E-state index is 11.5. The van der Waals surface area contributed by atoms with Crippen LogP contribution in [0.5, 0.6) is 0 Å². The van der Waals surface area contributed by atoms with Gasteiger partial charge in [0.15, 0.2) is 11.5 Å². The van der Waals surface area contributed by atoms with Crippen molar-refractivity contribution in [1.29, 1.82) is 0 Å². The highest BCUT2D eigenvalue weighted by Crippen LogP contribution is 2.26. The SMILES string of the molecule is CC(OC(=O)OC(=C1OC(=O)O1)C(C)C)=C1OC(=O)O1. The largest absolute Gasteiger partial charge is 0.524 e. The minimum Gasteiger partial charge on any atom is -0.392 e. The average molecular weight is 286 g/mol. The quantitative estimate of drug-likeness (QED) is 0.439. The second kappa shape index (κ2) is 5.11. The molecule has 0 aromatic rings. The van der Waals surface area contributed by atoms with Crippen molar-refractivity contribution in [2.24, 2.45) is 5.92 Å². The highest BCUT2D eigenvalue weighted by Gasteiger charge is 2.34. The van der Waals surface area contributed by atoms with Gasteiger partial charge in [-0.1, -0.05) is 13.8 Å². The average Bonchev–Trinajstić information content (AvgIpc) is 2.28. The molecule has 2 aliphatic rings. The normalized spacial score (nSPS) is 16.0. The first-order chi connectivity index (χ1) is 9.36. The van der Waals surface area contributed by atoms with Gasteiger partial charge in [-0.25, -0.2) is 14.4 Å². The molecule has 108 valence electrons. The third kappa shape index (κ3) is 2.82. The highest BCUT2D eigenvalue weighted by atomic mass is 16.9. The van der Waals surface area contributed by atoms with E-state index >= 15 is 0 Å². The van der Waals surface area contributed by atoms with Crippen LogP contribution in [0, 0.1) is 5.92 Å². The Morgan fingerprint density at radius 2 is 1.45 bits per heavy atom. The van der Waals surface area contributed by atoms with Gasteiger partial charge in [0.25, 0.3) is 0 Å². The fraction of sp³-hybridized carbons (Fsp3) is 0.364. The Hall–Kier alpha value is -2.71. The molecule has 9 nitrogen and oxygen atoms in total. The molecule has 0 atom stereocenters. The van der Waals surface area contributed by atoms with Crippen molar-refractivity contribution >= 4 is 18.5 Å². The fourth-order valence-corrected chi connectivity index (χ4v) is 1.23. The maximum absolute atomic E-state index is 11.5. The van der Waals surface area contributed by atoms with Crippen LogP contribution < -0.4 is 0 Å². The molecule has 2 aliphatic heterocycles. The van der Waals surface area contributed by atoms with E-state index in [1.807, 2.05) is 0 Å². The Morgan fingerprint density at radius 3 is 1.90 bits per heavy atom. The fourth-order valence-electron chi connectivity index (χ4n) is 1.23. The van der Waals surface area contributed by atoms with Crippen LogP contribution in [0.2, 0.25) is 0 Å². The lowest BCUT2D eigenvalue weighted by atomic mass is 10.2. The second-order valence-electron chi connectivity index (χ2n) is 4.01. The Bertz CT molecular complexity index is 520. The maximum Gasteiger partial charge on any atom is 0.524 e. The molecular formula is C11H10O9. The standard InChI is InChI=1S/C11H10O9/c1-4(2)6(8-19-11(14)20-8)16-9(12)15-5(3)7-17-10(13)18-7/h4H,1-3H3. The molecule has 0 bridgehead atoms. The van der Waals surface area contributed by atoms with E-state index in [1.54, 1.807) is 13.8 Å². The van der Waals surface area contributed by atoms with Gasteiger partial charge in [0.2, 0.25) is 0 Å². The lowest BCUT2D eigenvalue weighted by Crippen LogP contribution is -2.26. The van der Waals surface area contributed by atoms with Gasteiger partial charge in [-0.2, -0.15) is 0 Å². The summed E-state index contributed by atoms with van der Waals surface area (Å²) in [4.78, 5) is 32.5. The zero-order valence-electron chi connectivity index (χ0n) is 10.8. The number of ether oxygens (including phenoxy) is 6. The molecule has 0 saturated carbocycles. The first kappa shape index (κ1) is 13.7. The molecule has 0 aliphatic carbocycles. The predicted octanol–water partition coefficient (Wildman–Crippen LogP) is 2.49. The third-order valence-electron chi connectivity index (χ3n) is 2.15. The number of carbonyl (C=O) groups is 3. The van der Waals surface area contributed by atoms with Crippen molar-refractivity contribution in [1.82, 2.24) is 0 Å². The number of rotatable bonds is 3. The molecule has 2 saturated heterocycles. The van der Waals surface area contributed by atoms with Crippen molar-refractivity contribution in [2.75, 3.05) is 0 Å². The van der Waals surface area contributed by atoms with Crippen LogP contribution in [0.15, 0.2) is 23.4 Å². The Morgan fingerprint density at radius 1 is 0.950 bits per heavy atom. The first-order valence-electron chi connectivity index (χ1n) is 5.51. The predicted molar refractivity (Wildman–Crippen MR) is 57.3 cm³/mol. The van der Waals surface area contributed by atoms with Crippen molar-refractivity contribution < 1.29 is 42.8 Å². The molecule has 0 radical (unpaired) electrons. The van der Waals surface area contributed by atoms with E-state index < -0.39 is 18.5 Å². The van der Waals surface area contributed by atoms with E-state index in [4.69, 9.17) is 9.47 Å². The number of hydrogen-bond donors (Lipinski definition) is 0. The summed E-state index contributed by atoms with van der Waals surface area (Å²) in [5, 5.41) is 0. The highest BCUT2D eigenvalue weighted by molar-refractivity contribution is 5.70. The number of allylic oxidation sites excluding steroid dienone is 2. The Labute approximate surface area is 112 Å². The van der Waals surface area contributed by atoms with Gasteiger partial charge < -0.3 is 28.4 Å². The van der Waals surface area contributed by atoms with Gasteiger partial charge in [0.1, 0.15) is 0 Å². The number of carbonyl (C=O) groups excluding carboxylic acids is 3. The monoisotopic (exact) mass is 286 g/mol. The molecule has 0 amide bonds. The molecule has 0 aromatic carbocycles. The summed E-state index contributed by atoms with van der Waals surface area (Å²) in [6.45, 7) is 4.71. The molecule has 0 unspecified atom stereocenters. The van der Waals surface area contributed by atoms with E-state index in [-0.39, 0.29) is 29.3 Å². The first-order valence-corrected chi connectivity index (χ1v) is 5.51. The smallest absolute Gasteiger partial charge is 0.392 e. The number of hydrogen-bond acceptors (Lipinski definition) is 9. The molecular weight excluding hydrogens is 276 g/mol. The van der Waals surface area contributed by atoms with Gasteiger partial charge in [-0.3, -0.25) is 0 Å². The van der Waals surface area contributed by atoms with E-state index in [1.165, 1.54) is 6.92 Å². The van der Waals surface area contributed by atoms with Crippen LogP contribution in [0.1, 0.15) is 20.8 Å². The zero-order chi connectivity index (χ0) is 14.9. The van der Waals surface area contributed by atoms with Crippen LogP contribution in [-0.2, 0) is 28.4 Å². The summed E-state index contributed by atoms with van der Waals surface area (Å²) in [7, 11) is 0. The van der Waals surface area contributed by atoms with E-state index in [9.17, 15) is 14.4 Å². The third-order valence-corrected chi connectivity index (χ3v) is 2.15. The Kier molecular flexibility index (Phi) is 3.51. The molecule has 2 rings (SSSR count). The molecule has 9 heteroatoms. The van der Waals surface area contributed by atoms with Gasteiger partial charge in [0, 0.05) is 12.8 Å². The van der Waals surface area contributed by atoms with Crippen molar-refractivity contribution in [3.8, 4) is 0 Å². The topological polar surface area (TPSA) is 107 Å². The van der Waals surface area contributed by atoms with Gasteiger partial charge >= 0.3 is 30.4 Å². The minimum absolute atomic E-state index is 0.000998. The second-order valence-corrected chi connectivity index (χ2v) is 4.01.